The van der Waals surface area contributed by atoms with E-state index in [0.717, 1.165) is 29.6 Å². The van der Waals surface area contributed by atoms with Gasteiger partial charge >= 0.3 is 0 Å². The minimum Gasteiger partial charge on any atom is -0.331 e. The topological polar surface area (TPSA) is 20.7 Å². The molecule has 0 atom stereocenters. The van der Waals surface area contributed by atoms with Crippen molar-refractivity contribution < 1.29 is 4.39 Å². The van der Waals surface area contributed by atoms with Crippen LogP contribution in [0.25, 0.3) is 11.0 Å². The largest absolute Gasteiger partial charge is 0.331 e. The Bertz CT molecular complexity index is 773. The summed E-state index contributed by atoms with van der Waals surface area (Å²) in [4.78, 5) is 3.18. The van der Waals surface area contributed by atoms with Gasteiger partial charge in [-0.05, 0) is 48.5 Å². The Morgan fingerprint density at radius 1 is 1.11 bits per heavy atom. The molecule has 0 saturated carbocycles. The van der Waals surface area contributed by atoms with Gasteiger partial charge in [0.15, 0.2) is 4.77 Å². The molecule has 1 N–H and O–H groups in total. The number of benzene rings is 2. The van der Waals surface area contributed by atoms with Crippen molar-refractivity contribution in [3.8, 4) is 0 Å². The first-order valence-corrected chi connectivity index (χ1v) is 6.57. The predicted octanol–water partition coefficient (Wildman–Crippen LogP) is 4.08. The zero-order chi connectivity index (χ0) is 13.2. The van der Waals surface area contributed by atoms with Gasteiger partial charge in [0.05, 0.1) is 11.0 Å². The van der Waals surface area contributed by atoms with Crippen LogP contribution in [0.5, 0.6) is 0 Å². The van der Waals surface area contributed by atoms with Gasteiger partial charge < -0.3 is 9.55 Å². The van der Waals surface area contributed by atoms with Gasteiger partial charge in [0.1, 0.15) is 5.82 Å². The molecule has 96 valence electrons. The van der Waals surface area contributed by atoms with Crippen molar-refractivity contribution in [1.82, 2.24) is 9.55 Å². The second kappa shape index (κ2) is 4.97. The van der Waals surface area contributed by atoms with Crippen LogP contribution in [0.1, 0.15) is 5.56 Å². The van der Waals surface area contributed by atoms with Crippen molar-refractivity contribution in [2.75, 3.05) is 0 Å². The third-order valence-corrected chi connectivity index (χ3v) is 3.52. The number of aryl methyl sites for hydroxylation is 2. The summed E-state index contributed by atoms with van der Waals surface area (Å²) in [6, 6.07) is 14.7. The smallest absolute Gasteiger partial charge is 0.178 e. The lowest BCUT2D eigenvalue weighted by atomic mass is 10.1. The molecule has 0 saturated heterocycles. The van der Waals surface area contributed by atoms with E-state index in [1.807, 2.05) is 30.3 Å². The molecule has 0 fully saturated rings. The summed E-state index contributed by atoms with van der Waals surface area (Å²) >= 11 is 5.33. The molecule has 1 heterocycles. The number of H-pyrrole nitrogens is 1. The molecule has 2 aromatic carbocycles. The van der Waals surface area contributed by atoms with E-state index < -0.39 is 0 Å². The number of fused-ring (bicyclic) bond motifs is 1. The second-order valence-electron chi connectivity index (χ2n) is 4.48. The number of aromatic amines is 1. The van der Waals surface area contributed by atoms with Crippen molar-refractivity contribution in [2.24, 2.45) is 0 Å². The first-order chi connectivity index (χ1) is 9.24. The molecule has 0 spiro atoms. The van der Waals surface area contributed by atoms with Gasteiger partial charge in [-0.1, -0.05) is 24.3 Å². The Kier molecular flexibility index (Phi) is 3.17. The molecule has 0 aliphatic carbocycles. The standard InChI is InChI=1S/C15H13FN2S/c16-12-5-3-4-11(10-12)8-9-18-14-7-2-1-6-13(14)17-15(18)19/h1-7,10H,8-9H2,(H,17,19). The van der Waals surface area contributed by atoms with Crippen LogP contribution in [-0.4, -0.2) is 9.55 Å². The van der Waals surface area contributed by atoms with Gasteiger partial charge in [0.2, 0.25) is 0 Å². The van der Waals surface area contributed by atoms with E-state index in [4.69, 9.17) is 12.2 Å². The summed E-state index contributed by atoms with van der Waals surface area (Å²) in [6.07, 6.45) is 0.758. The molecule has 4 heteroatoms. The number of para-hydroxylation sites is 2. The molecule has 2 nitrogen and oxygen atoms in total. The molecule has 0 radical (unpaired) electrons. The van der Waals surface area contributed by atoms with Gasteiger partial charge in [-0.25, -0.2) is 4.39 Å². The van der Waals surface area contributed by atoms with Gasteiger partial charge in [-0.15, -0.1) is 0 Å². The van der Waals surface area contributed by atoms with Crippen LogP contribution in [0.4, 0.5) is 4.39 Å². The third-order valence-electron chi connectivity index (χ3n) is 3.19. The number of halogens is 1. The second-order valence-corrected chi connectivity index (χ2v) is 4.87. The lowest BCUT2D eigenvalue weighted by Gasteiger charge is -2.05. The molecule has 0 aliphatic heterocycles. The van der Waals surface area contributed by atoms with Crippen molar-refractivity contribution in [1.29, 1.82) is 0 Å². The Morgan fingerprint density at radius 3 is 2.79 bits per heavy atom. The molecule has 0 amide bonds. The maximum absolute atomic E-state index is 13.1. The van der Waals surface area contributed by atoms with Crippen LogP contribution in [0.2, 0.25) is 0 Å². The number of aromatic nitrogens is 2. The predicted molar refractivity (Wildman–Crippen MR) is 77.2 cm³/mol. The van der Waals surface area contributed by atoms with Crippen LogP contribution in [0.3, 0.4) is 0 Å². The quantitative estimate of drug-likeness (QED) is 0.712. The van der Waals surface area contributed by atoms with E-state index >= 15 is 0 Å². The minimum atomic E-state index is -0.194. The van der Waals surface area contributed by atoms with E-state index in [0.29, 0.717) is 4.77 Å². The Morgan fingerprint density at radius 2 is 1.95 bits per heavy atom. The number of nitrogens with one attached hydrogen (secondary N) is 1. The minimum absolute atomic E-state index is 0.194. The van der Waals surface area contributed by atoms with Gasteiger partial charge in [-0.2, -0.15) is 0 Å². The maximum Gasteiger partial charge on any atom is 0.178 e. The van der Waals surface area contributed by atoms with Crippen LogP contribution in [-0.2, 0) is 13.0 Å². The molecule has 3 aromatic rings. The molecular formula is C15H13FN2S. The molecule has 19 heavy (non-hydrogen) atoms. The summed E-state index contributed by atoms with van der Waals surface area (Å²) in [5.74, 6) is -0.194. The van der Waals surface area contributed by atoms with E-state index in [9.17, 15) is 4.39 Å². The summed E-state index contributed by atoms with van der Waals surface area (Å²) in [6.45, 7) is 0.742. The number of hydrogen-bond acceptors (Lipinski definition) is 1. The van der Waals surface area contributed by atoms with Crippen molar-refractivity contribution in [3.63, 3.8) is 0 Å². The lowest BCUT2D eigenvalue weighted by Crippen LogP contribution is -2.01. The van der Waals surface area contributed by atoms with E-state index in [2.05, 4.69) is 9.55 Å². The van der Waals surface area contributed by atoms with Crippen LogP contribution in [0.15, 0.2) is 48.5 Å². The highest BCUT2D eigenvalue weighted by molar-refractivity contribution is 7.71. The fourth-order valence-corrected chi connectivity index (χ4v) is 2.56. The molecule has 0 bridgehead atoms. The Balaban J connectivity index is 1.90. The molecule has 0 aliphatic rings. The fourth-order valence-electron chi connectivity index (χ4n) is 2.26. The Labute approximate surface area is 115 Å². The number of imidazole rings is 1. The lowest BCUT2D eigenvalue weighted by molar-refractivity contribution is 0.622. The SMILES string of the molecule is Fc1cccc(CCn2c(=S)[nH]c3ccccc32)c1. The van der Waals surface area contributed by atoms with Crippen molar-refractivity contribution in [2.45, 2.75) is 13.0 Å². The number of rotatable bonds is 3. The zero-order valence-electron chi connectivity index (χ0n) is 10.3. The molecule has 0 unspecified atom stereocenters. The van der Waals surface area contributed by atoms with Crippen LogP contribution < -0.4 is 0 Å². The van der Waals surface area contributed by atoms with Crippen LogP contribution >= 0.6 is 12.2 Å². The number of hydrogen-bond donors (Lipinski definition) is 1. The first-order valence-electron chi connectivity index (χ1n) is 6.16. The zero-order valence-corrected chi connectivity index (χ0v) is 11.1. The average Bonchev–Trinajstić information content (AvgIpc) is 2.72. The monoisotopic (exact) mass is 272 g/mol. The summed E-state index contributed by atoms with van der Waals surface area (Å²) in [5.41, 5.74) is 3.10. The van der Waals surface area contributed by atoms with Crippen LogP contribution in [0, 0.1) is 10.6 Å². The summed E-state index contributed by atoms with van der Waals surface area (Å²) < 4.78 is 15.9. The first kappa shape index (κ1) is 12.1. The normalized spacial score (nSPS) is 11.0. The van der Waals surface area contributed by atoms with Gasteiger partial charge in [0, 0.05) is 6.54 Å². The third kappa shape index (κ3) is 2.44. The van der Waals surface area contributed by atoms with Gasteiger partial charge in [0.25, 0.3) is 0 Å². The van der Waals surface area contributed by atoms with E-state index in [1.165, 1.54) is 6.07 Å². The van der Waals surface area contributed by atoms with E-state index in [-0.39, 0.29) is 5.82 Å². The highest BCUT2D eigenvalue weighted by atomic mass is 32.1. The summed E-state index contributed by atoms with van der Waals surface area (Å²) in [7, 11) is 0. The molecular weight excluding hydrogens is 259 g/mol. The summed E-state index contributed by atoms with van der Waals surface area (Å²) in [5, 5.41) is 0. The van der Waals surface area contributed by atoms with E-state index in [1.54, 1.807) is 12.1 Å². The molecule has 1 aromatic heterocycles. The van der Waals surface area contributed by atoms with Crippen molar-refractivity contribution >= 4 is 23.3 Å². The fraction of sp³-hybridized carbons (Fsp3) is 0.133. The van der Waals surface area contributed by atoms with Gasteiger partial charge in [-0.3, -0.25) is 0 Å². The highest BCUT2D eigenvalue weighted by Crippen LogP contribution is 2.14. The highest BCUT2D eigenvalue weighted by Gasteiger charge is 2.04. The number of nitrogens with zero attached hydrogens (tertiary/aromatic N) is 1. The van der Waals surface area contributed by atoms with Crippen molar-refractivity contribution in [3.05, 3.63) is 64.7 Å². The Hall–Kier alpha value is -1.94. The maximum atomic E-state index is 13.1. The average molecular weight is 272 g/mol. The molecule has 3 rings (SSSR count).